The summed E-state index contributed by atoms with van der Waals surface area (Å²) in [6, 6.07) is 11.9. The molecule has 170 valence electrons. The summed E-state index contributed by atoms with van der Waals surface area (Å²) in [6.45, 7) is 7.95. The number of nitrogens with one attached hydrogen (secondary N) is 3. The molecule has 8 nitrogen and oxygen atoms in total. The molecule has 0 radical (unpaired) electrons. The molecule has 0 saturated carbocycles. The Morgan fingerprint density at radius 1 is 1.18 bits per heavy atom. The van der Waals surface area contributed by atoms with Crippen LogP contribution in [0.4, 0.5) is 17.2 Å². The Morgan fingerprint density at radius 2 is 1.94 bits per heavy atom. The number of benzene rings is 1. The highest BCUT2D eigenvalue weighted by atomic mass is 32.2. The van der Waals surface area contributed by atoms with E-state index in [9.17, 15) is 0 Å². The van der Waals surface area contributed by atoms with Crippen LogP contribution in [0.15, 0.2) is 59.9 Å². The minimum Gasteiger partial charge on any atom is -0.342 e. The lowest BCUT2D eigenvalue weighted by atomic mass is 10.0. The van der Waals surface area contributed by atoms with Crippen LogP contribution in [0.3, 0.4) is 0 Å². The first-order valence-corrected chi connectivity index (χ1v) is 11.7. The first-order valence-electron chi connectivity index (χ1n) is 10.9. The van der Waals surface area contributed by atoms with Crippen LogP contribution in [0.1, 0.15) is 34.1 Å². The van der Waals surface area contributed by atoms with Crippen molar-refractivity contribution in [3.63, 3.8) is 0 Å². The number of rotatable bonds is 6. The molecule has 33 heavy (non-hydrogen) atoms. The van der Waals surface area contributed by atoms with Crippen molar-refractivity contribution in [1.29, 1.82) is 10.8 Å². The Morgan fingerprint density at radius 3 is 2.61 bits per heavy atom. The summed E-state index contributed by atoms with van der Waals surface area (Å²) in [5, 5.41) is 17.0. The normalized spacial score (nSPS) is 15.5. The van der Waals surface area contributed by atoms with Gasteiger partial charge in [0.2, 0.25) is 0 Å². The lowest BCUT2D eigenvalue weighted by Gasteiger charge is -2.45. The zero-order valence-corrected chi connectivity index (χ0v) is 20.0. The molecule has 0 spiro atoms. The van der Waals surface area contributed by atoms with Gasteiger partial charge in [0.25, 0.3) is 0 Å². The predicted molar refractivity (Wildman–Crippen MR) is 136 cm³/mol. The van der Waals surface area contributed by atoms with Crippen molar-refractivity contribution in [2.45, 2.75) is 51.1 Å². The number of hydrogen-bond donors (Lipinski definition) is 3. The molecule has 3 N–H and O–H groups in total. The van der Waals surface area contributed by atoms with Crippen LogP contribution < -0.4 is 14.5 Å². The fraction of sp³-hybridized carbons (Fsp3) is 0.292. The molecule has 2 aromatic heterocycles. The van der Waals surface area contributed by atoms with E-state index in [0.717, 1.165) is 28.4 Å². The van der Waals surface area contributed by atoms with E-state index >= 15 is 0 Å². The van der Waals surface area contributed by atoms with Crippen LogP contribution in [0, 0.1) is 10.8 Å². The van der Waals surface area contributed by atoms with Crippen molar-refractivity contribution in [3.8, 4) is 11.4 Å². The number of anilines is 3. The number of pyridine rings is 1. The van der Waals surface area contributed by atoms with Gasteiger partial charge in [0.15, 0.2) is 11.6 Å². The quantitative estimate of drug-likeness (QED) is 0.255. The maximum absolute atomic E-state index is 8.74. The SMILES string of the molecule is CC[C@@H]1C(=N)N(C(C)=N)c2cnc(-c3ccncc3NSc3ccccc3)nc2N1C(C)C. The molecule has 1 aromatic carbocycles. The average molecular weight is 461 g/mol. The van der Waals surface area contributed by atoms with Crippen LogP contribution in [-0.4, -0.2) is 38.7 Å². The first-order chi connectivity index (χ1) is 15.9. The maximum atomic E-state index is 8.74. The van der Waals surface area contributed by atoms with Gasteiger partial charge in [-0.25, -0.2) is 9.97 Å². The van der Waals surface area contributed by atoms with Crippen LogP contribution in [-0.2, 0) is 0 Å². The summed E-state index contributed by atoms with van der Waals surface area (Å²) in [7, 11) is 0. The third kappa shape index (κ3) is 4.41. The van der Waals surface area contributed by atoms with E-state index in [2.05, 4.69) is 40.4 Å². The van der Waals surface area contributed by atoms with Crippen LogP contribution in [0.5, 0.6) is 0 Å². The average Bonchev–Trinajstić information content (AvgIpc) is 2.82. The summed E-state index contributed by atoms with van der Waals surface area (Å²) in [4.78, 5) is 18.8. The van der Waals surface area contributed by atoms with Crippen LogP contribution in [0.2, 0.25) is 0 Å². The molecule has 1 aliphatic heterocycles. The molecule has 0 aliphatic carbocycles. The Hall–Kier alpha value is -3.46. The minimum absolute atomic E-state index is 0.133. The van der Waals surface area contributed by atoms with E-state index in [1.165, 1.54) is 11.9 Å². The van der Waals surface area contributed by atoms with Crippen molar-refractivity contribution in [2.75, 3.05) is 14.5 Å². The lowest BCUT2D eigenvalue weighted by molar-refractivity contribution is 0.597. The van der Waals surface area contributed by atoms with Crippen molar-refractivity contribution >= 4 is 40.8 Å². The highest BCUT2D eigenvalue weighted by Gasteiger charge is 2.38. The molecule has 4 rings (SSSR count). The molecular weight excluding hydrogens is 432 g/mol. The highest BCUT2D eigenvalue weighted by molar-refractivity contribution is 8.00. The number of fused-ring (bicyclic) bond motifs is 1. The van der Waals surface area contributed by atoms with Crippen LogP contribution >= 0.6 is 11.9 Å². The standard InChI is InChI=1S/C24H28N8S/c1-5-20-22(26)32(16(4)25)21-14-28-23(29-24(21)31(20)15(2)3)18-11-12-27-13-19(18)30-33-17-9-7-6-8-10-17/h6-15,20,25-26,30H,5H2,1-4H3/t20-/m1/s1. The number of nitrogens with zero attached hydrogens (tertiary/aromatic N) is 5. The Labute approximate surface area is 198 Å². The zero-order chi connectivity index (χ0) is 23.5. The Bertz CT molecular complexity index is 1160. The van der Waals surface area contributed by atoms with Crippen molar-refractivity contribution in [1.82, 2.24) is 15.0 Å². The molecule has 0 unspecified atom stereocenters. The van der Waals surface area contributed by atoms with E-state index in [0.29, 0.717) is 17.3 Å². The smallest absolute Gasteiger partial charge is 0.163 e. The summed E-state index contributed by atoms with van der Waals surface area (Å²) in [5.41, 5.74) is 2.32. The van der Waals surface area contributed by atoms with Crippen molar-refractivity contribution in [2.24, 2.45) is 0 Å². The summed E-state index contributed by atoms with van der Waals surface area (Å²) in [6.07, 6.45) is 5.97. The Kier molecular flexibility index (Phi) is 6.60. The largest absolute Gasteiger partial charge is 0.342 e. The van der Waals surface area contributed by atoms with E-state index in [1.54, 1.807) is 30.4 Å². The Balaban J connectivity index is 1.77. The van der Waals surface area contributed by atoms with E-state index in [4.69, 9.17) is 15.8 Å². The van der Waals surface area contributed by atoms with Crippen LogP contribution in [0.25, 0.3) is 11.4 Å². The second kappa shape index (κ2) is 9.58. The van der Waals surface area contributed by atoms with Gasteiger partial charge < -0.3 is 9.62 Å². The summed E-state index contributed by atoms with van der Waals surface area (Å²) >= 11 is 1.50. The van der Waals surface area contributed by atoms with Crippen molar-refractivity contribution < 1.29 is 0 Å². The predicted octanol–water partition coefficient (Wildman–Crippen LogP) is 5.45. The topological polar surface area (TPSA) is 105 Å². The van der Waals surface area contributed by atoms with Gasteiger partial charge in [0, 0.05) is 22.7 Å². The van der Waals surface area contributed by atoms with Crippen molar-refractivity contribution in [3.05, 3.63) is 55.0 Å². The minimum atomic E-state index is -0.163. The fourth-order valence-electron chi connectivity index (χ4n) is 4.03. The molecule has 3 heterocycles. The highest BCUT2D eigenvalue weighted by Crippen LogP contribution is 2.39. The van der Waals surface area contributed by atoms with Gasteiger partial charge in [-0.3, -0.25) is 20.7 Å². The third-order valence-electron chi connectivity index (χ3n) is 5.49. The molecule has 0 bridgehead atoms. The number of hydrogen-bond acceptors (Lipinski definition) is 8. The monoisotopic (exact) mass is 460 g/mol. The van der Waals surface area contributed by atoms with Gasteiger partial charge in [0.05, 0.1) is 24.1 Å². The molecule has 0 amide bonds. The van der Waals surface area contributed by atoms with Gasteiger partial charge in [-0.1, -0.05) is 25.1 Å². The molecule has 0 fully saturated rings. The van der Waals surface area contributed by atoms with E-state index in [1.807, 2.05) is 36.4 Å². The van der Waals surface area contributed by atoms with Gasteiger partial charge in [0.1, 0.15) is 17.4 Å². The molecular formula is C24H28N8S. The molecule has 0 saturated heterocycles. The lowest BCUT2D eigenvalue weighted by Crippen LogP contribution is -2.56. The summed E-state index contributed by atoms with van der Waals surface area (Å²) < 4.78 is 3.38. The van der Waals surface area contributed by atoms with Gasteiger partial charge in [-0.2, -0.15) is 0 Å². The maximum Gasteiger partial charge on any atom is 0.163 e. The first kappa shape index (κ1) is 22.7. The molecule has 1 aliphatic rings. The van der Waals surface area contributed by atoms with E-state index in [-0.39, 0.29) is 17.9 Å². The molecule has 1 atom stereocenters. The van der Waals surface area contributed by atoms with Gasteiger partial charge >= 0.3 is 0 Å². The number of amidine groups is 2. The number of aromatic nitrogens is 3. The second-order valence-electron chi connectivity index (χ2n) is 8.07. The third-order valence-corrected chi connectivity index (χ3v) is 6.32. The second-order valence-corrected chi connectivity index (χ2v) is 8.95. The van der Waals surface area contributed by atoms with Gasteiger partial charge in [-0.15, -0.1) is 0 Å². The molecule has 3 aromatic rings. The van der Waals surface area contributed by atoms with E-state index < -0.39 is 0 Å². The van der Waals surface area contributed by atoms with Gasteiger partial charge in [-0.05, 0) is 57.3 Å². The fourth-order valence-corrected chi connectivity index (χ4v) is 4.71. The molecule has 9 heteroatoms. The summed E-state index contributed by atoms with van der Waals surface area (Å²) in [5.74, 6) is 1.98. The zero-order valence-electron chi connectivity index (χ0n) is 19.2.